The molecule has 4 aliphatic rings. The van der Waals surface area contributed by atoms with E-state index in [4.69, 9.17) is 0 Å². The number of carbonyl (C=O) groups is 2. The van der Waals surface area contributed by atoms with Crippen molar-refractivity contribution < 1.29 is 14.0 Å². The molecule has 6 rings (SSSR count). The topological polar surface area (TPSA) is 46.2 Å². The number of imide groups is 1. The maximum absolute atomic E-state index is 13.2. The van der Waals surface area contributed by atoms with E-state index in [0.717, 1.165) is 23.7 Å². The average Bonchev–Trinajstić information content (AvgIpc) is 3.21. The molecule has 0 aromatic heterocycles. The van der Waals surface area contributed by atoms with Crippen LogP contribution in [0.1, 0.15) is 11.1 Å². The minimum absolute atomic E-state index is 0.231. The van der Waals surface area contributed by atoms with Gasteiger partial charge < -0.3 is 0 Å². The second-order valence-electron chi connectivity index (χ2n) is 6.31. The predicted molar refractivity (Wildman–Crippen MR) is 97.0 cm³/mol. The van der Waals surface area contributed by atoms with Gasteiger partial charge in [0, 0.05) is 0 Å². The molecule has 2 aromatic carbocycles. The van der Waals surface area contributed by atoms with Crippen molar-refractivity contribution in [2.45, 2.75) is 6.42 Å². The van der Waals surface area contributed by atoms with Crippen LogP contribution in [0.25, 0.3) is 5.57 Å². The van der Waals surface area contributed by atoms with E-state index in [0.29, 0.717) is 4.91 Å². The average molecular weight is 451 g/mol. The summed E-state index contributed by atoms with van der Waals surface area (Å²) >= 11 is -1.41. The van der Waals surface area contributed by atoms with Crippen LogP contribution < -0.4 is 8.64 Å². The summed E-state index contributed by atoms with van der Waals surface area (Å²) in [4.78, 5) is 24.3. The van der Waals surface area contributed by atoms with Gasteiger partial charge in [-0.05, 0) is 0 Å². The van der Waals surface area contributed by atoms with Crippen LogP contribution in [0, 0.1) is 5.82 Å². The van der Waals surface area contributed by atoms with Gasteiger partial charge in [-0.25, -0.2) is 0 Å². The van der Waals surface area contributed by atoms with Gasteiger partial charge in [0.2, 0.25) is 0 Å². The fraction of sp³-hybridized carbons (Fsp3) is 0.0526. The molecule has 120 valence electrons. The quantitative estimate of drug-likeness (QED) is 0.715. The Morgan fingerprint density at radius 2 is 1.80 bits per heavy atom. The summed E-state index contributed by atoms with van der Waals surface area (Å²) in [5.74, 6) is -0.483. The molecule has 2 amide bonds. The van der Waals surface area contributed by atoms with Crippen molar-refractivity contribution in [3.63, 3.8) is 0 Å². The minimum atomic E-state index is -2.45. The number of amides is 2. The van der Waals surface area contributed by atoms with Gasteiger partial charge in [-0.3, -0.25) is 0 Å². The summed E-state index contributed by atoms with van der Waals surface area (Å²) in [7, 11) is 0. The Morgan fingerprint density at radius 1 is 1.04 bits per heavy atom. The third-order valence-corrected chi connectivity index (χ3v) is 16.3. The standard InChI is InChI=1S/C19H11FNO2S.In/c20-16-10-7-13(8-11-16)6-9-15(14-4-2-1-3-5-14)12-17-18(22)21-19(23)24-17;/h1-4,7-8,10-11H,6H2,(H,21,22,23);. The first kappa shape index (κ1) is 15.5. The van der Waals surface area contributed by atoms with Crippen molar-refractivity contribution in [2.24, 2.45) is 0 Å². The summed E-state index contributed by atoms with van der Waals surface area (Å²) in [6.07, 6.45) is 0.808. The number of hydrogen-bond donors (Lipinski definition) is 1. The van der Waals surface area contributed by atoms with Gasteiger partial charge in [0.05, 0.1) is 0 Å². The van der Waals surface area contributed by atoms with Gasteiger partial charge in [-0.2, -0.15) is 0 Å². The van der Waals surface area contributed by atoms with Gasteiger partial charge in [0.25, 0.3) is 0 Å². The zero-order chi connectivity index (χ0) is 17.1. The number of thioether (sulfide) groups is 1. The predicted octanol–water partition coefficient (Wildman–Crippen LogP) is 2.87. The SMILES string of the molecule is O=C1NC(=O)/C(=[C]2\C3=[C](Cc4ccc(F)cc4)[In]2[c]2ccccc23)S1. The van der Waals surface area contributed by atoms with Crippen LogP contribution in [0.3, 0.4) is 0 Å². The molecule has 2 bridgehead atoms. The third kappa shape index (κ3) is 2.27. The zero-order valence-corrected chi connectivity index (χ0v) is 17.1. The molecule has 0 atom stereocenters. The number of hydrogen-bond acceptors (Lipinski definition) is 3. The first-order valence-electron chi connectivity index (χ1n) is 7.98. The number of benzene rings is 2. The van der Waals surface area contributed by atoms with Gasteiger partial charge in [0.1, 0.15) is 0 Å². The van der Waals surface area contributed by atoms with E-state index >= 15 is 0 Å². The van der Waals surface area contributed by atoms with Gasteiger partial charge in [-0.15, -0.1) is 0 Å². The number of halogens is 1. The molecule has 4 heterocycles. The van der Waals surface area contributed by atoms with Crippen LogP contribution in [-0.4, -0.2) is 32.6 Å². The summed E-state index contributed by atoms with van der Waals surface area (Å²) in [6.45, 7) is 0. The van der Waals surface area contributed by atoms with Gasteiger partial charge in [0.15, 0.2) is 0 Å². The molecule has 0 saturated carbocycles. The molecular weight excluding hydrogens is 440 g/mol. The van der Waals surface area contributed by atoms with Gasteiger partial charge in [-0.1, -0.05) is 0 Å². The van der Waals surface area contributed by atoms with E-state index < -0.39 is 21.4 Å². The zero-order valence-electron chi connectivity index (χ0n) is 13.0. The van der Waals surface area contributed by atoms with E-state index in [-0.39, 0.29) is 17.0 Å². The van der Waals surface area contributed by atoms with Crippen LogP contribution >= 0.6 is 11.8 Å². The van der Waals surface area contributed by atoms with E-state index in [2.05, 4.69) is 17.4 Å². The molecule has 0 unspecified atom stereocenters. The molecule has 0 spiro atoms. The maximum atomic E-state index is 13.2. The van der Waals surface area contributed by atoms with Crippen molar-refractivity contribution in [3.8, 4) is 0 Å². The van der Waals surface area contributed by atoms with Crippen LogP contribution in [0.5, 0.6) is 0 Å². The fourth-order valence-corrected chi connectivity index (χ4v) is 16.5. The normalized spacial score (nSPS) is 20.8. The van der Waals surface area contributed by atoms with E-state index in [1.54, 1.807) is 0 Å². The molecule has 4 aliphatic heterocycles. The van der Waals surface area contributed by atoms with E-state index in [9.17, 15) is 14.0 Å². The Labute approximate surface area is 155 Å². The molecule has 0 aliphatic carbocycles. The van der Waals surface area contributed by atoms with Crippen LogP contribution in [0.2, 0.25) is 0 Å². The van der Waals surface area contributed by atoms with Crippen LogP contribution in [0.4, 0.5) is 9.18 Å². The molecule has 25 heavy (non-hydrogen) atoms. The third-order valence-electron chi connectivity index (χ3n) is 4.94. The van der Waals surface area contributed by atoms with E-state index in [1.165, 1.54) is 33.2 Å². The molecule has 2 aromatic rings. The Hall–Kier alpha value is -1.79. The molecular formula is C19H11FInNO2S. The molecule has 0 radical (unpaired) electrons. The second kappa shape index (κ2) is 5.61. The Kier molecular flexibility index (Phi) is 3.47. The van der Waals surface area contributed by atoms with Crippen LogP contribution in [-0.2, 0) is 11.2 Å². The molecule has 1 fully saturated rings. The molecule has 3 nitrogen and oxygen atoms in total. The molecule has 1 N–H and O–H groups in total. The number of carbonyl (C=O) groups excluding carboxylic acids is 2. The summed E-state index contributed by atoms with van der Waals surface area (Å²) in [5, 5.41) is 2.10. The monoisotopic (exact) mass is 451 g/mol. The van der Waals surface area contributed by atoms with Crippen LogP contribution in [0.15, 0.2) is 60.1 Å². The van der Waals surface area contributed by atoms with Crippen molar-refractivity contribution in [2.75, 3.05) is 0 Å². The fourth-order valence-electron chi connectivity index (χ4n) is 3.94. The summed E-state index contributed by atoms with van der Waals surface area (Å²) in [6, 6.07) is 15.0. The molecule has 6 heteroatoms. The van der Waals surface area contributed by atoms with Crippen molar-refractivity contribution >= 4 is 53.2 Å². The van der Waals surface area contributed by atoms with Crippen molar-refractivity contribution in [1.29, 1.82) is 0 Å². The first-order chi connectivity index (χ1) is 12.1. The Morgan fingerprint density at radius 3 is 2.48 bits per heavy atom. The number of nitrogens with one attached hydrogen (secondary N) is 1. The van der Waals surface area contributed by atoms with Crippen molar-refractivity contribution in [3.05, 3.63) is 77.0 Å². The van der Waals surface area contributed by atoms with Gasteiger partial charge >= 0.3 is 156 Å². The number of rotatable bonds is 2. The summed E-state index contributed by atoms with van der Waals surface area (Å²) < 4.78 is 17.2. The van der Waals surface area contributed by atoms with E-state index in [1.807, 2.05) is 24.3 Å². The van der Waals surface area contributed by atoms with Crippen molar-refractivity contribution in [1.82, 2.24) is 5.32 Å². The Balaban J connectivity index is 1.62. The number of allylic oxidation sites excluding steroid dienone is 3. The Bertz CT molecular complexity index is 1030. The summed E-state index contributed by atoms with van der Waals surface area (Å²) in [5.41, 5.74) is 3.50. The first-order valence-corrected chi connectivity index (χ1v) is 13.7. The molecule has 1 saturated heterocycles. The second-order valence-corrected chi connectivity index (χ2v) is 15.2.